The van der Waals surface area contributed by atoms with E-state index in [1.54, 1.807) is 11.4 Å². The fourth-order valence-corrected chi connectivity index (χ4v) is 6.95. The summed E-state index contributed by atoms with van der Waals surface area (Å²) in [5, 5.41) is 7.40. The van der Waals surface area contributed by atoms with Gasteiger partial charge in [0.25, 0.3) is 0 Å². The Bertz CT molecular complexity index is 1330. The summed E-state index contributed by atoms with van der Waals surface area (Å²) >= 11 is 1.45. The molecule has 0 saturated carbocycles. The molecule has 9 heteroatoms. The minimum Gasteiger partial charge on any atom is -0.356 e. The van der Waals surface area contributed by atoms with E-state index < -0.39 is 10.0 Å². The lowest BCUT2D eigenvalue weighted by molar-refractivity contribution is 0.326. The van der Waals surface area contributed by atoms with Crippen molar-refractivity contribution in [1.29, 1.82) is 0 Å². The van der Waals surface area contributed by atoms with Crippen LogP contribution in [0.15, 0.2) is 57.3 Å². The van der Waals surface area contributed by atoms with E-state index in [0.717, 1.165) is 53.5 Å². The molecule has 6 nitrogen and oxygen atoms in total. The molecule has 5 rings (SSSR count). The van der Waals surface area contributed by atoms with Crippen molar-refractivity contribution in [2.45, 2.75) is 30.2 Å². The Morgan fingerprint density at radius 3 is 3.00 bits per heavy atom. The summed E-state index contributed by atoms with van der Waals surface area (Å²) in [6.07, 6.45) is 2.38. The van der Waals surface area contributed by atoms with Crippen LogP contribution in [0.25, 0.3) is 21.1 Å². The summed E-state index contributed by atoms with van der Waals surface area (Å²) in [6.45, 7) is 2.38. The van der Waals surface area contributed by atoms with Gasteiger partial charge in [-0.1, -0.05) is 23.4 Å². The van der Waals surface area contributed by atoms with Crippen molar-refractivity contribution in [1.82, 2.24) is 14.8 Å². The molecular weight excluding hydrogens is 437 g/mol. The van der Waals surface area contributed by atoms with E-state index in [0.29, 0.717) is 17.0 Å². The number of sulfonamides is 1. The highest BCUT2D eigenvalue weighted by atomic mass is 32.2. The first-order valence-corrected chi connectivity index (χ1v) is 12.6. The molecule has 1 fully saturated rings. The first-order chi connectivity index (χ1) is 15.0. The summed E-state index contributed by atoms with van der Waals surface area (Å²) < 4.78 is 48.2. The van der Waals surface area contributed by atoms with Crippen LogP contribution in [0.5, 0.6) is 0 Å². The molecule has 2 aromatic heterocycles. The average Bonchev–Trinajstić information content (AvgIpc) is 3.46. The largest absolute Gasteiger partial charge is 0.356 e. The molecule has 0 radical (unpaired) electrons. The number of aromatic nitrogens is 1. The Kier molecular flexibility index (Phi) is 5.51. The van der Waals surface area contributed by atoms with Gasteiger partial charge in [-0.25, -0.2) is 17.5 Å². The second kappa shape index (κ2) is 8.31. The Morgan fingerprint density at radius 1 is 1.23 bits per heavy atom. The lowest BCUT2D eigenvalue weighted by Crippen LogP contribution is -2.37. The van der Waals surface area contributed by atoms with E-state index in [2.05, 4.69) is 14.8 Å². The van der Waals surface area contributed by atoms with Crippen molar-refractivity contribution in [3.05, 3.63) is 59.4 Å². The van der Waals surface area contributed by atoms with Gasteiger partial charge in [0.05, 0.1) is 5.69 Å². The fraction of sp³-hybridized carbons (Fsp3) is 0.318. The van der Waals surface area contributed by atoms with Crippen molar-refractivity contribution in [2.24, 2.45) is 0 Å². The van der Waals surface area contributed by atoms with Crippen LogP contribution in [-0.4, -0.2) is 44.2 Å². The SMILES string of the molecule is O=S(=O)(N[C@H]1CCN(CCCc2noc3cc(F)ccc23)C1)c1csc2ccccc12. The molecule has 31 heavy (non-hydrogen) atoms. The molecule has 0 bridgehead atoms. The molecule has 0 aliphatic carbocycles. The minimum atomic E-state index is -3.55. The van der Waals surface area contributed by atoms with Gasteiger partial charge < -0.3 is 9.42 Å². The molecule has 1 atom stereocenters. The van der Waals surface area contributed by atoms with Crippen molar-refractivity contribution >= 4 is 42.4 Å². The Balaban J connectivity index is 1.16. The average molecular weight is 460 g/mol. The van der Waals surface area contributed by atoms with E-state index in [1.165, 1.54) is 23.5 Å². The zero-order valence-corrected chi connectivity index (χ0v) is 18.4. The molecule has 4 aromatic rings. The van der Waals surface area contributed by atoms with Crippen molar-refractivity contribution in [2.75, 3.05) is 19.6 Å². The van der Waals surface area contributed by atoms with Gasteiger partial charge in [-0.15, -0.1) is 11.3 Å². The number of benzene rings is 2. The van der Waals surface area contributed by atoms with Gasteiger partial charge in [-0.2, -0.15) is 0 Å². The summed E-state index contributed by atoms with van der Waals surface area (Å²) in [4.78, 5) is 2.63. The van der Waals surface area contributed by atoms with Gasteiger partial charge in [0, 0.05) is 39.5 Å². The minimum absolute atomic E-state index is 0.0977. The summed E-state index contributed by atoms with van der Waals surface area (Å²) in [5.41, 5.74) is 1.29. The van der Waals surface area contributed by atoms with Gasteiger partial charge in [0.15, 0.2) is 5.58 Å². The first-order valence-electron chi connectivity index (χ1n) is 10.2. The van der Waals surface area contributed by atoms with Gasteiger partial charge in [-0.3, -0.25) is 0 Å². The Labute approximate surface area is 183 Å². The number of thiophene rings is 1. The maximum atomic E-state index is 13.3. The van der Waals surface area contributed by atoms with E-state index in [1.807, 2.05) is 24.3 Å². The monoisotopic (exact) mass is 459 g/mol. The van der Waals surface area contributed by atoms with E-state index in [-0.39, 0.29) is 11.9 Å². The molecule has 0 spiro atoms. The topological polar surface area (TPSA) is 75.4 Å². The third kappa shape index (κ3) is 4.23. The highest BCUT2D eigenvalue weighted by Gasteiger charge is 2.28. The van der Waals surface area contributed by atoms with Crippen LogP contribution in [0.2, 0.25) is 0 Å². The second-order valence-electron chi connectivity index (χ2n) is 7.88. The van der Waals surface area contributed by atoms with Crippen LogP contribution < -0.4 is 4.72 Å². The summed E-state index contributed by atoms with van der Waals surface area (Å²) in [5.74, 6) is -0.337. The van der Waals surface area contributed by atoms with Crippen LogP contribution in [0.3, 0.4) is 0 Å². The van der Waals surface area contributed by atoms with Gasteiger partial charge in [0.2, 0.25) is 10.0 Å². The summed E-state index contributed by atoms with van der Waals surface area (Å²) in [6, 6.07) is 11.9. The third-order valence-corrected chi connectivity index (χ3v) is 8.40. The van der Waals surface area contributed by atoms with E-state index in [9.17, 15) is 12.8 Å². The van der Waals surface area contributed by atoms with Crippen LogP contribution >= 0.6 is 11.3 Å². The second-order valence-corrected chi connectivity index (χ2v) is 10.5. The Morgan fingerprint density at radius 2 is 2.10 bits per heavy atom. The number of aryl methyl sites for hydroxylation is 1. The zero-order chi connectivity index (χ0) is 21.4. The number of rotatable bonds is 7. The van der Waals surface area contributed by atoms with Crippen molar-refractivity contribution in [3.8, 4) is 0 Å². The number of likely N-dealkylation sites (tertiary alicyclic amines) is 1. The molecule has 1 aliphatic rings. The van der Waals surface area contributed by atoms with E-state index in [4.69, 9.17) is 4.52 Å². The zero-order valence-electron chi connectivity index (χ0n) is 16.8. The lowest BCUT2D eigenvalue weighted by Gasteiger charge is -2.16. The summed E-state index contributed by atoms with van der Waals surface area (Å²) in [7, 11) is -3.55. The number of nitrogens with zero attached hydrogens (tertiary/aromatic N) is 2. The Hall–Kier alpha value is -2.33. The molecule has 2 aromatic carbocycles. The molecule has 1 saturated heterocycles. The predicted octanol–water partition coefficient (Wildman–Crippen LogP) is 4.17. The van der Waals surface area contributed by atoms with E-state index >= 15 is 0 Å². The van der Waals surface area contributed by atoms with Gasteiger partial charge >= 0.3 is 0 Å². The molecule has 1 aliphatic heterocycles. The maximum Gasteiger partial charge on any atom is 0.242 e. The molecule has 0 amide bonds. The number of hydrogen-bond acceptors (Lipinski definition) is 6. The standard InChI is InChI=1S/C22H22FN3O3S2/c23-15-7-8-17-19(24-29-20(17)12-15)5-3-10-26-11-9-16(13-26)25-31(27,28)22-14-30-21-6-2-1-4-18(21)22/h1-2,4,6-8,12,14,16,25H,3,5,9-11,13H2/t16-/m0/s1. The normalized spacial score (nSPS) is 17.8. The third-order valence-electron chi connectivity index (χ3n) is 5.73. The lowest BCUT2D eigenvalue weighted by atomic mass is 10.1. The van der Waals surface area contributed by atoms with Crippen LogP contribution in [0, 0.1) is 5.82 Å². The van der Waals surface area contributed by atoms with Crippen molar-refractivity contribution in [3.63, 3.8) is 0 Å². The quantitative estimate of drug-likeness (QED) is 0.449. The smallest absolute Gasteiger partial charge is 0.242 e. The molecule has 1 N–H and O–H groups in total. The fourth-order valence-electron chi connectivity index (χ4n) is 4.19. The van der Waals surface area contributed by atoms with Gasteiger partial charge in [0.1, 0.15) is 10.7 Å². The number of fused-ring (bicyclic) bond motifs is 2. The number of nitrogens with one attached hydrogen (secondary N) is 1. The van der Waals surface area contributed by atoms with Crippen molar-refractivity contribution < 1.29 is 17.3 Å². The van der Waals surface area contributed by atoms with Crippen LogP contribution in [0.1, 0.15) is 18.5 Å². The molecular formula is C22H22FN3O3S2. The molecule has 0 unspecified atom stereocenters. The highest BCUT2D eigenvalue weighted by Crippen LogP contribution is 2.29. The number of hydrogen-bond donors (Lipinski definition) is 1. The number of halogens is 1. The highest BCUT2D eigenvalue weighted by molar-refractivity contribution is 7.90. The van der Waals surface area contributed by atoms with Gasteiger partial charge in [-0.05, 0) is 50.6 Å². The van der Waals surface area contributed by atoms with Crippen LogP contribution in [-0.2, 0) is 16.4 Å². The predicted molar refractivity (Wildman–Crippen MR) is 119 cm³/mol. The molecule has 162 valence electrons. The first kappa shape index (κ1) is 20.6. The van der Waals surface area contributed by atoms with Crippen LogP contribution in [0.4, 0.5) is 4.39 Å². The molecule has 3 heterocycles. The maximum absolute atomic E-state index is 13.3.